The first-order valence-electron chi connectivity index (χ1n) is 10.8. The van der Waals surface area contributed by atoms with E-state index >= 15 is 0 Å². The second-order valence-electron chi connectivity index (χ2n) is 7.61. The number of halogens is 1. The van der Waals surface area contributed by atoms with E-state index < -0.39 is 17.7 Å². The first-order chi connectivity index (χ1) is 15.9. The van der Waals surface area contributed by atoms with Crippen LogP contribution in [0.15, 0.2) is 48.0 Å². The first kappa shape index (κ1) is 24.6. The Morgan fingerprint density at radius 2 is 1.88 bits per heavy atom. The van der Waals surface area contributed by atoms with Crippen LogP contribution in [0.5, 0.6) is 11.5 Å². The van der Waals surface area contributed by atoms with Gasteiger partial charge in [-0.15, -0.1) is 0 Å². The summed E-state index contributed by atoms with van der Waals surface area (Å²) >= 11 is 6.33. The zero-order chi connectivity index (χ0) is 24.0. The third-order valence-corrected chi connectivity index (χ3v) is 5.69. The maximum absolute atomic E-state index is 13.1. The van der Waals surface area contributed by atoms with Crippen molar-refractivity contribution in [1.82, 2.24) is 4.90 Å². The van der Waals surface area contributed by atoms with Gasteiger partial charge in [0.1, 0.15) is 17.3 Å². The van der Waals surface area contributed by atoms with E-state index in [0.717, 1.165) is 6.42 Å². The van der Waals surface area contributed by atoms with E-state index in [9.17, 15) is 14.7 Å². The van der Waals surface area contributed by atoms with E-state index in [0.29, 0.717) is 36.7 Å². The number of ether oxygens (including phenoxy) is 3. The van der Waals surface area contributed by atoms with Crippen LogP contribution in [0, 0.1) is 0 Å². The number of hydrogen-bond acceptors (Lipinski definition) is 6. The van der Waals surface area contributed by atoms with Gasteiger partial charge in [-0.3, -0.25) is 9.59 Å². The van der Waals surface area contributed by atoms with E-state index in [-0.39, 0.29) is 28.5 Å². The summed E-state index contributed by atoms with van der Waals surface area (Å²) in [5.41, 5.74) is 0.843. The maximum Gasteiger partial charge on any atom is 0.295 e. The molecule has 8 heteroatoms. The monoisotopic (exact) mass is 473 g/mol. The summed E-state index contributed by atoms with van der Waals surface area (Å²) in [7, 11) is 3.06. The molecule has 1 aliphatic rings. The standard InChI is InChI=1S/C25H28ClNO6/c1-4-12-33-18-8-5-7-16(14-18)22-21(24(29)25(30)27(22)11-6-13-31-2)23(28)19-15-17(32-3)9-10-20(19)26/h5,7-10,14-15,22,28H,4,6,11-13H2,1-3H3/b23-21+. The van der Waals surface area contributed by atoms with E-state index in [1.165, 1.54) is 18.1 Å². The molecule has 2 aromatic carbocycles. The highest BCUT2D eigenvalue weighted by molar-refractivity contribution is 6.47. The molecule has 0 aliphatic carbocycles. The normalized spacial score (nSPS) is 17.5. The molecular formula is C25H28ClNO6. The lowest BCUT2D eigenvalue weighted by Crippen LogP contribution is -2.31. The van der Waals surface area contributed by atoms with Crippen LogP contribution < -0.4 is 9.47 Å². The Balaban J connectivity index is 2.15. The fraction of sp³-hybridized carbons (Fsp3) is 0.360. The molecule has 0 aromatic heterocycles. The number of nitrogens with zero attached hydrogens (tertiary/aromatic N) is 1. The van der Waals surface area contributed by atoms with E-state index in [1.807, 2.05) is 13.0 Å². The van der Waals surface area contributed by atoms with Crippen LogP contribution in [-0.4, -0.2) is 55.7 Å². The lowest BCUT2D eigenvalue weighted by Gasteiger charge is -2.25. The van der Waals surface area contributed by atoms with Gasteiger partial charge in [-0.25, -0.2) is 0 Å². The highest BCUT2D eigenvalue weighted by Gasteiger charge is 2.46. The minimum atomic E-state index is -0.797. The second kappa shape index (κ2) is 11.2. The van der Waals surface area contributed by atoms with Crippen LogP contribution in [-0.2, 0) is 14.3 Å². The fourth-order valence-corrected chi connectivity index (χ4v) is 4.00. The molecule has 0 radical (unpaired) electrons. The van der Waals surface area contributed by atoms with Crippen LogP contribution in [0.25, 0.3) is 5.76 Å². The smallest absolute Gasteiger partial charge is 0.295 e. The highest BCUT2D eigenvalue weighted by Crippen LogP contribution is 2.41. The summed E-state index contributed by atoms with van der Waals surface area (Å²) in [4.78, 5) is 27.6. The molecule has 2 aromatic rings. The maximum atomic E-state index is 13.1. The number of Topliss-reactive ketones (excluding diaryl/α,β-unsaturated/α-hetero) is 1. The number of aliphatic hydroxyl groups is 1. The number of ketones is 1. The molecule has 0 saturated carbocycles. The average Bonchev–Trinajstić information content (AvgIpc) is 3.08. The predicted molar refractivity (Wildman–Crippen MR) is 126 cm³/mol. The van der Waals surface area contributed by atoms with Gasteiger partial charge < -0.3 is 24.2 Å². The van der Waals surface area contributed by atoms with E-state index in [2.05, 4.69) is 0 Å². The van der Waals surface area contributed by atoms with Crippen LogP contribution in [0.2, 0.25) is 5.02 Å². The van der Waals surface area contributed by atoms with Gasteiger partial charge in [-0.2, -0.15) is 0 Å². The summed E-state index contributed by atoms with van der Waals surface area (Å²) < 4.78 is 16.1. The van der Waals surface area contributed by atoms with Gasteiger partial charge in [0.05, 0.1) is 30.4 Å². The van der Waals surface area contributed by atoms with Gasteiger partial charge in [0.2, 0.25) is 0 Å². The van der Waals surface area contributed by atoms with Crippen molar-refractivity contribution in [2.45, 2.75) is 25.8 Å². The number of carbonyl (C=O) groups excluding carboxylic acids is 2. The molecule has 1 saturated heterocycles. The number of amides is 1. The molecule has 33 heavy (non-hydrogen) atoms. The summed E-state index contributed by atoms with van der Waals surface area (Å²) in [5, 5.41) is 11.5. The third-order valence-electron chi connectivity index (χ3n) is 5.36. The zero-order valence-electron chi connectivity index (χ0n) is 19.0. The van der Waals surface area contributed by atoms with Crippen LogP contribution in [0.4, 0.5) is 0 Å². The number of benzene rings is 2. The molecule has 1 heterocycles. The number of rotatable bonds is 10. The second-order valence-corrected chi connectivity index (χ2v) is 8.01. The molecule has 1 amide bonds. The van der Waals surface area contributed by atoms with Gasteiger partial charge in [-0.1, -0.05) is 30.7 Å². The molecule has 3 rings (SSSR count). The van der Waals surface area contributed by atoms with Crippen LogP contribution >= 0.6 is 11.6 Å². The van der Waals surface area contributed by atoms with E-state index in [1.54, 1.807) is 37.4 Å². The number of hydrogen-bond donors (Lipinski definition) is 1. The largest absolute Gasteiger partial charge is 0.507 e. The van der Waals surface area contributed by atoms with Crippen molar-refractivity contribution in [3.63, 3.8) is 0 Å². The van der Waals surface area contributed by atoms with Crippen molar-refractivity contribution in [1.29, 1.82) is 0 Å². The number of carbonyl (C=O) groups is 2. The third kappa shape index (κ3) is 5.31. The summed E-state index contributed by atoms with van der Waals surface area (Å²) in [5.74, 6) is -0.723. The number of aliphatic hydroxyl groups excluding tert-OH is 1. The molecule has 1 unspecified atom stereocenters. The number of methoxy groups -OCH3 is 2. The lowest BCUT2D eigenvalue weighted by atomic mass is 9.95. The summed E-state index contributed by atoms with van der Waals surface area (Å²) in [6.45, 7) is 3.26. The van der Waals surface area contributed by atoms with E-state index in [4.69, 9.17) is 25.8 Å². The van der Waals surface area contributed by atoms with Gasteiger partial charge >= 0.3 is 0 Å². The Morgan fingerprint density at radius 1 is 1.09 bits per heavy atom. The minimum absolute atomic E-state index is 0.0276. The molecule has 176 valence electrons. The molecule has 1 fully saturated rings. The minimum Gasteiger partial charge on any atom is -0.507 e. The Labute approximate surface area is 198 Å². The Morgan fingerprint density at radius 3 is 2.58 bits per heavy atom. The van der Waals surface area contributed by atoms with Crippen molar-refractivity contribution in [2.75, 3.05) is 34.0 Å². The van der Waals surface area contributed by atoms with Crippen LogP contribution in [0.3, 0.4) is 0 Å². The molecule has 7 nitrogen and oxygen atoms in total. The van der Waals surface area contributed by atoms with Crippen LogP contribution in [0.1, 0.15) is 36.9 Å². The lowest BCUT2D eigenvalue weighted by molar-refractivity contribution is -0.140. The molecule has 1 atom stereocenters. The molecule has 1 N–H and O–H groups in total. The zero-order valence-corrected chi connectivity index (χ0v) is 19.7. The van der Waals surface area contributed by atoms with Gasteiger partial charge in [0.15, 0.2) is 0 Å². The van der Waals surface area contributed by atoms with Crippen molar-refractivity contribution >= 4 is 29.1 Å². The first-order valence-corrected chi connectivity index (χ1v) is 11.1. The summed E-state index contributed by atoms with van der Waals surface area (Å²) in [6.07, 6.45) is 1.38. The Hall–Kier alpha value is -3.03. The predicted octanol–water partition coefficient (Wildman–Crippen LogP) is 4.60. The average molecular weight is 474 g/mol. The highest BCUT2D eigenvalue weighted by atomic mass is 35.5. The van der Waals surface area contributed by atoms with Crippen molar-refractivity contribution in [2.24, 2.45) is 0 Å². The molecule has 0 spiro atoms. The van der Waals surface area contributed by atoms with Crippen molar-refractivity contribution < 1.29 is 28.9 Å². The molecule has 1 aliphatic heterocycles. The summed E-state index contributed by atoms with van der Waals surface area (Å²) in [6, 6.07) is 11.2. The Kier molecular flexibility index (Phi) is 8.36. The van der Waals surface area contributed by atoms with Gasteiger partial charge in [-0.05, 0) is 48.7 Å². The van der Waals surface area contributed by atoms with Crippen molar-refractivity contribution in [3.05, 3.63) is 64.2 Å². The van der Waals surface area contributed by atoms with Gasteiger partial charge in [0.25, 0.3) is 11.7 Å². The van der Waals surface area contributed by atoms with Gasteiger partial charge in [0, 0.05) is 25.8 Å². The molecule has 0 bridgehead atoms. The van der Waals surface area contributed by atoms with Crippen molar-refractivity contribution in [3.8, 4) is 11.5 Å². The SMILES string of the molecule is CCCOc1cccc(C2/C(=C(\O)c3cc(OC)ccc3Cl)C(=O)C(=O)N2CCCOC)c1. The topological polar surface area (TPSA) is 85.3 Å². The quantitative estimate of drug-likeness (QED) is 0.235. The Bertz CT molecular complexity index is 1050. The fourth-order valence-electron chi connectivity index (χ4n) is 3.79. The molecular weight excluding hydrogens is 446 g/mol. The number of likely N-dealkylation sites (tertiary alicyclic amines) is 1.